The molecule has 94 valence electrons. The van der Waals surface area contributed by atoms with Crippen molar-refractivity contribution in [1.82, 2.24) is 5.32 Å². The van der Waals surface area contributed by atoms with Crippen molar-refractivity contribution in [1.29, 1.82) is 0 Å². The maximum absolute atomic E-state index is 3.49. The highest BCUT2D eigenvalue weighted by molar-refractivity contribution is 5.48. The van der Waals surface area contributed by atoms with Crippen molar-refractivity contribution in [3.8, 4) is 0 Å². The molecule has 1 saturated heterocycles. The van der Waals surface area contributed by atoms with Crippen LogP contribution in [0.2, 0.25) is 0 Å². The van der Waals surface area contributed by atoms with Gasteiger partial charge in [-0.3, -0.25) is 0 Å². The lowest BCUT2D eigenvalue weighted by Gasteiger charge is -2.32. The zero-order valence-electron chi connectivity index (χ0n) is 11.1. The molecule has 1 atom stereocenters. The Morgan fingerprint density at radius 2 is 1.94 bits per heavy atom. The minimum Gasteiger partial charge on any atom is -0.369 e. The molecule has 2 heteroatoms. The third-order valence-electron chi connectivity index (χ3n) is 3.69. The van der Waals surface area contributed by atoms with Crippen LogP contribution < -0.4 is 10.2 Å². The quantitative estimate of drug-likeness (QED) is 0.862. The van der Waals surface area contributed by atoms with Gasteiger partial charge in [-0.2, -0.15) is 0 Å². The normalized spacial score (nSPS) is 20.9. The van der Waals surface area contributed by atoms with Gasteiger partial charge in [0.25, 0.3) is 0 Å². The fourth-order valence-corrected chi connectivity index (χ4v) is 2.70. The summed E-state index contributed by atoms with van der Waals surface area (Å²) in [6.45, 7) is 7.86. The Bertz CT molecular complexity index is 323. The zero-order chi connectivity index (χ0) is 12.1. The number of nitrogens with zero attached hydrogens (tertiary/aromatic N) is 1. The summed E-state index contributed by atoms with van der Waals surface area (Å²) in [6.07, 6.45) is 3.88. The number of nitrogens with one attached hydrogen (secondary N) is 1. The second kappa shape index (κ2) is 6.06. The first-order valence-corrected chi connectivity index (χ1v) is 6.85. The van der Waals surface area contributed by atoms with Gasteiger partial charge < -0.3 is 10.2 Å². The molecule has 0 amide bonds. The Hall–Kier alpha value is -1.02. The van der Waals surface area contributed by atoms with E-state index in [0.717, 1.165) is 13.1 Å². The zero-order valence-corrected chi connectivity index (χ0v) is 11.1. The minimum atomic E-state index is 0.706. The molecule has 0 bridgehead atoms. The molecule has 0 radical (unpaired) electrons. The van der Waals surface area contributed by atoms with E-state index in [1.807, 2.05) is 0 Å². The van der Waals surface area contributed by atoms with Gasteiger partial charge in [0.05, 0.1) is 0 Å². The van der Waals surface area contributed by atoms with Crippen LogP contribution in [0.15, 0.2) is 24.3 Å². The highest BCUT2D eigenvalue weighted by Gasteiger charge is 2.18. The lowest BCUT2D eigenvalue weighted by Crippen LogP contribution is -2.35. The van der Waals surface area contributed by atoms with Crippen LogP contribution in [0.25, 0.3) is 0 Å². The summed E-state index contributed by atoms with van der Waals surface area (Å²) >= 11 is 0. The van der Waals surface area contributed by atoms with E-state index < -0.39 is 0 Å². The van der Waals surface area contributed by atoms with Crippen LogP contribution in [-0.2, 0) is 0 Å². The maximum atomic E-state index is 3.49. The molecular formula is C15H24N2. The number of anilines is 1. The smallest absolute Gasteiger partial charge is 0.0368 e. The van der Waals surface area contributed by atoms with Crippen LogP contribution in [0.3, 0.4) is 0 Å². The summed E-state index contributed by atoms with van der Waals surface area (Å²) in [4.78, 5) is 2.56. The molecule has 1 aromatic carbocycles. The molecule has 1 aliphatic heterocycles. The first-order valence-electron chi connectivity index (χ1n) is 6.85. The van der Waals surface area contributed by atoms with E-state index in [0.29, 0.717) is 6.04 Å². The van der Waals surface area contributed by atoms with E-state index >= 15 is 0 Å². The highest BCUT2D eigenvalue weighted by atomic mass is 15.2. The van der Waals surface area contributed by atoms with Gasteiger partial charge in [-0.1, -0.05) is 17.7 Å². The summed E-state index contributed by atoms with van der Waals surface area (Å²) in [5, 5.41) is 3.49. The lowest BCUT2D eigenvalue weighted by atomic mass is 10.1. The van der Waals surface area contributed by atoms with Crippen LogP contribution in [-0.4, -0.2) is 25.7 Å². The maximum Gasteiger partial charge on any atom is 0.0368 e. The van der Waals surface area contributed by atoms with Crippen molar-refractivity contribution in [2.75, 3.05) is 24.5 Å². The molecule has 0 aromatic heterocycles. The molecule has 1 fully saturated rings. The van der Waals surface area contributed by atoms with Gasteiger partial charge >= 0.3 is 0 Å². The van der Waals surface area contributed by atoms with E-state index in [1.165, 1.54) is 37.1 Å². The predicted octanol–water partition coefficient (Wildman–Crippen LogP) is 2.96. The summed E-state index contributed by atoms with van der Waals surface area (Å²) < 4.78 is 0. The molecule has 0 saturated carbocycles. The average molecular weight is 232 g/mol. The van der Waals surface area contributed by atoms with Gasteiger partial charge in [-0.25, -0.2) is 0 Å². The van der Waals surface area contributed by atoms with E-state index in [4.69, 9.17) is 0 Å². The second-order valence-electron chi connectivity index (χ2n) is 4.96. The molecule has 1 heterocycles. The predicted molar refractivity (Wildman–Crippen MR) is 74.7 cm³/mol. The van der Waals surface area contributed by atoms with Crippen molar-refractivity contribution in [3.63, 3.8) is 0 Å². The van der Waals surface area contributed by atoms with Gasteiger partial charge in [-0.15, -0.1) is 0 Å². The number of aryl methyl sites for hydroxylation is 1. The highest BCUT2D eigenvalue weighted by Crippen LogP contribution is 2.22. The van der Waals surface area contributed by atoms with Crippen molar-refractivity contribution < 1.29 is 0 Å². The van der Waals surface area contributed by atoms with E-state index in [9.17, 15) is 0 Å². The SMILES string of the molecule is CCN(c1ccc(C)cc1)C1CCCNCC1. The average Bonchev–Trinajstić information content (AvgIpc) is 2.62. The molecule has 1 aromatic rings. The Kier molecular flexibility index (Phi) is 4.43. The van der Waals surface area contributed by atoms with E-state index in [-0.39, 0.29) is 0 Å². The number of rotatable bonds is 3. The summed E-state index contributed by atoms with van der Waals surface area (Å²) in [7, 11) is 0. The number of hydrogen-bond acceptors (Lipinski definition) is 2. The topological polar surface area (TPSA) is 15.3 Å². The molecule has 1 aliphatic rings. The van der Waals surface area contributed by atoms with Gasteiger partial charge in [0.15, 0.2) is 0 Å². The standard InChI is InChI=1S/C15H24N2/c1-3-17(14-5-4-11-16-12-10-14)15-8-6-13(2)7-9-15/h6-9,14,16H,3-5,10-12H2,1-2H3. The first-order chi connectivity index (χ1) is 8.31. The van der Waals surface area contributed by atoms with Crippen LogP contribution in [0.5, 0.6) is 0 Å². The van der Waals surface area contributed by atoms with Gasteiger partial charge in [0.2, 0.25) is 0 Å². The summed E-state index contributed by atoms with van der Waals surface area (Å²) in [5.41, 5.74) is 2.72. The fourth-order valence-electron chi connectivity index (χ4n) is 2.70. The third kappa shape index (κ3) is 3.22. The lowest BCUT2D eigenvalue weighted by molar-refractivity contribution is 0.545. The van der Waals surface area contributed by atoms with Crippen molar-refractivity contribution >= 4 is 5.69 Å². The Labute approximate surface area is 105 Å². The molecule has 17 heavy (non-hydrogen) atoms. The second-order valence-corrected chi connectivity index (χ2v) is 4.96. The summed E-state index contributed by atoms with van der Waals surface area (Å²) in [5.74, 6) is 0. The summed E-state index contributed by atoms with van der Waals surface area (Å²) in [6, 6.07) is 9.66. The van der Waals surface area contributed by atoms with Gasteiger partial charge in [0, 0.05) is 18.3 Å². The van der Waals surface area contributed by atoms with E-state index in [1.54, 1.807) is 0 Å². The Morgan fingerprint density at radius 3 is 2.65 bits per heavy atom. The minimum absolute atomic E-state index is 0.706. The molecule has 0 aliphatic carbocycles. The molecule has 2 nitrogen and oxygen atoms in total. The van der Waals surface area contributed by atoms with Crippen molar-refractivity contribution in [2.45, 2.75) is 39.2 Å². The molecule has 1 unspecified atom stereocenters. The molecule has 0 spiro atoms. The largest absolute Gasteiger partial charge is 0.369 e. The third-order valence-corrected chi connectivity index (χ3v) is 3.69. The Morgan fingerprint density at radius 1 is 1.18 bits per heavy atom. The molecule has 1 N–H and O–H groups in total. The fraction of sp³-hybridized carbons (Fsp3) is 0.600. The number of benzene rings is 1. The van der Waals surface area contributed by atoms with Gasteiger partial charge in [-0.05, 0) is 58.3 Å². The van der Waals surface area contributed by atoms with Crippen molar-refractivity contribution in [3.05, 3.63) is 29.8 Å². The molecule has 2 rings (SSSR count). The first kappa shape index (κ1) is 12.4. The van der Waals surface area contributed by atoms with Gasteiger partial charge in [0.1, 0.15) is 0 Å². The van der Waals surface area contributed by atoms with Crippen LogP contribution >= 0.6 is 0 Å². The van der Waals surface area contributed by atoms with Crippen molar-refractivity contribution in [2.24, 2.45) is 0 Å². The van der Waals surface area contributed by atoms with Crippen LogP contribution in [0.1, 0.15) is 31.7 Å². The van der Waals surface area contributed by atoms with Crippen LogP contribution in [0.4, 0.5) is 5.69 Å². The van der Waals surface area contributed by atoms with E-state index in [2.05, 4.69) is 48.3 Å². The Balaban J connectivity index is 2.11. The van der Waals surface area contributed by atoms with Crippen LogP contribution in [0, 0.1) is 6.92 Å². The molecular weight excluding hydrogens is 208 g/mol. The monoisotopic (exact) mass is 232 g/mol. The number of hydrogen-bond donors (Lipinski definition) is 1.